The summed E-state index contributed by atoms with van der Waals surface area (Å²) < 4.78 is 7.12. The number of aryl methyl sites for hydroxylation is 2. The maximum absolute atomic E-state index is 12.5. The van der Waals surface area contributed by atoms with E-state index in [0.717, 1.165) is 24.2 Å². The Labute approximate surface area is 154 Å². The molecule has 26 heavy (non-hydrogen) atoms. The van der Waals surface area contributed by atoms with E-state index in [0.29, 0.717) is 31.8 Å². The van der Waals surface area contributed by atoms with E-state index < -0.39 is 0 Å². The van der Waals surface area contributed by atoms with Crippen molar-refractivity contribution in [1.29, 1.82) is 0 Å². The molecule has 1 heterocycles. The SMILES string of the molecule is CCCCn1nc(C(=O)N(C)CCCOc2ccccc2C)ccc1=O. The van der Waals surface area contributed by atoms with Crippen molar-refractivity contribution in [2.45, 2.75) is 39.7 Å². The van der Waals surface area contributed by atoms with Crippen LogP contribution in [0.4, 0.5) is 0 Å². The topological polar surface area (TPSA) is 64.4 Å². The molecular formula is C20H27N3O3. The van der Waals surface area contributed by atoms with Crippen LogP contribution in [0.2, 0.25) is 0 Å². The zero-order valence-corrected chi connectivity index (χ0v) is 15.8. The Bertz CT molecular complexity index is 786. The van der Waals surface area contributed by atoms with Crippen molar-refractivity contribution in [2.75, 3.05) is 20.2 Å². The van der Waals surface area contributed by atoms with Gasteiger partial charge in [0.1, 0.15) is 11.4 Å². The molecule has 0 radical (unpaired) electrons. The summed E-state index contributed by atoms with van der Waals surface area (Å²) in [6.45, 7) is 5.67. The van der Waals surface area contributed by atoms with Gasteiger partial charge in [0.2, 0.25) is 0 Å². The first-order valence-electron chi connectivity index (χ1n) is 9.05. The van der Waals surface area contributed by atoms with E-state index in [4.69, 9.17) is 4.74 Å². The maximum atomic E-state index is 12.5. The van der Waals surface area contributed by atoms with Crippen LogP contribution in [0.15, 0.2) is 41.2 Å². The Morgan fingerprint density at radius 2 is 1.96 bits per heavy atom. The van der Waals surface area contributed by atoms with Crippen LogP contribution in [0, 0.1) is 6.92 Å². The number of ether oxygens (including phenoxy) is 1. The molecular weight excluding hydrogens is 330 g/mol. The van der Waals surface area contributed by atoms with Crippen molar-refractivity contribution in [3.05, 3.63) is 58.0 Å². The molecule has 0 aliphatic carbocycles. The summed E-state index contributed by atoms with van der Waals surface area (Å²) in [5.74, 6) is 0.678. The molecule has 0 spiro atoms. The minimum absolute atomic E-state index is 0.177. The van der Waals surface area contributed by atoms with Crippen LogP contribution in [-0.4, -0.2) is 40.8 Å². The normalized spacial score (nSPS) is 10.6. The fourth-order valence-corrected chi connectivity index (χ4v) is 2.53. The van der Waals surface area contributed by atoms with Crippen LogP contribution in [0.1, 0.15) is 42.2 Å². The minimum atomic E-state index is -0.189. The van der Waals surface area contributed by atoms with Crippen molar-refractivity contribution in [3.63, 3.8) is 0 Å². The molecule has 0 saturated heterocycles. The van der Waals surface area contributed by atoms with Gasteiger partial charge in [-0.1, -0.05) is 31.5 Å². The van der Waals surface area contributed by atoms with Gasteiger partial charge >= 0.3 is 0 Å². The number of hydrogen-bond acceptors (Lipinski definition) is 4. The zero-order chi connectivity index (χ0) is 18.9. The van der Waals surface area contributed by atoms with E-state index in [1.165, 1.54) is 16.8 Å². The van der Waals surface area contributed by atoms with Gasteiger partial charge < -0.3 is 9.64 Å². The molecule has 1 aromatic carbocycles. The van der Waals surface area contributed by atoms with Crippen LogP contribution in [0.3, 0.4) is 0 Å². The molecule has 2 aromatic rings. The standard InChI is InChI=1S/C20H27N3O3/c1-4-5-14-23-19(24)12-11-17(21-23)20(25)22(3)13-8-15-26-18-10-7-6-9-16(18)2/h6-7,9-12H,4-5,8,13-15H2,1-3H3. The number of aromatic nitrogens is 2. The molecule has 140 valence electrons. The molecule has 0 unspecified atom stereocenters. The highest BCUT2D eigenvalue weighted by atomic mass is 16.5. The van der Waals surface area contributed by atoms with Crippen molar-refractivity contribution in [3.8, 4) is 5.75 Å². The number of hydrogen-bond donors (Lipinski definition) is 0. The van der Waals surface area contributed by atoms with Gasteiger partial charge in [-0.15, -0.1) is 0 Å². The van der Waals surface area contributed by atoms with Gasteiger partial charge in [0, 0.05) is 26.2 Å². The Kier molecular flexibility index (Phi) is 7.38. The fraction of sp³-hybridized carbons (Fsp3) is 0.450. The molecule has 0 bridgehead atoms. The summed E-state index contributed by atoms with van der Waals surface area (Å²) in [4.78, 5) is 25.9. The summed E-state index contributed by atoms with van der Waals surface area (Å²) in [6.07, 6.45) is 2.54. The zero-order valence-electron chi connectivity index (χ0n) is 15.8. The van der Waals surface area contributed by atoms with Crippen molar-refractivity contribution < 1.29 is 9.53 Å². The number of nitrogens with zero attached hydrogens (tertiary/aromatic N) is 3. The molecule has 0 atom stereocenters. The summed E-state index contributed by atoms with van der Waals surface area (Å²) in [5, 5.41) is 4.20. The molecule has 0 fully saturated rings. The van der Waals surface area contributed by atoms with Gasteiger partial charge in [-0.3, -0.25) is 9.59 Å². The van der Waals surface area contributed by atoms with Gasteiger partial charge in [0.15, 0.2) is 0 Å². The fourth-order valence-electron chi connectivity index (χ4n) is 2.53. The van der Waals surface area contributed by atoms with Crippen LogP contribution < -0.4 is 10.3 Å². The molecule has 0 saturated carbocycles. The Morgan fingerprint density at radius 1 is 1.19 bits per heavy atom. The third-order valence-electron chi connectivity index (χ3n) is 4.14. The first-order valence-corrected chi connectivity index (χ1v) is 9.05. The van der Waals surface area contributed by atoms with Gasteiger partial charge in [0.25, 0.3) is 11.5 Å². The van der Waals surface area contributed by atoms with Crippen molar-refractivity contribution in [1.82, 2.24) is 14.7 Å². The second-order valence-electron chi connectivity index (χ2n) is 6.33. The second kappa shape index (κ2) is 9.75. The van der Waals surface area contributed by atoms with E-state index in [9.17, 15) is 9.59 Å². The first-order chi connectivity index (χ1) is 12.5. The highest BCUT2D eigenvalue weighted by Crippen LogP contribution is 2.16. The second-order valence-corrected chi connectivity index (χ2v) is 6.33. The molecule has 6 nitrogen and oxygen atoms in total. The molecule has 1 aromatic heterocycles. The summed E-state index contributed by atoms with van der Waals surface area (Å²) in [6, 6.07) is 10.8. The molecule has 0 aliphatic heterocycles. The highest BCUT2D eigenvalue weighted by molar-refractivity contribution is 5.91. The lowest BCUT2D eigenvalue weighted by Crippen LogP contribution is -2.32. The lowest BCUT2D eigenvalue weighted by atomic mass is 10.2. The maximum Gasteiger partial charge on any atom is 0.274 e. The number of benzene rings is 1. The Morgan fingerprint density at radius 3 is 2.69 bits per heavy atom. The molecule has 2 rings (SSSR count). The molecule has 6 heteroatoms. The summed E-state index contributed by atoms with van der Waals surface area (Å²) in [7, 11) is 1.74. The average molecular weight is 357 g/mol. The predicted molar refractivity (Wildman–Crippen MR) is 102 cm³/mol. The van der Waals surface area contributed by atoms with E-state index in [2.05, 4.69) is 5.10 Å². The average Bonchev–Trinajstić information content (AvgIpc) is 2.65. The van der Waals surface area contributed by atoms with Crippen molar-refractivity contribution in [2.24, 2.45) is 0 Å². The number of para-hydroxylation sites is 1. The van der Waals surface area contributed by atoms with Gasteiger partial charge in [-0.05, 0) is 37.5 Å². The number of rotatable bonds is 9. The Balaban J connectivity index is 1.87. The van der Waals surface area contributed by atoms with E-state index in [1.807, 2.05) is 38.1 Å². The minimum Gasteiger partial charge on any atom is -0.493 e. The lowest BCUT2D eigenvalue weighted by Gasteiger charge is -2.17. The van der Waals surface area contributed by atoms with Crippen LogP contribution in [0.5, 0.6) is 5.75 Å². The monoisotopic (exact) mass is 357 g/mol. The smallest absolute Gasteiger partial charge is 0.274 e. The van der Waals surface area contributed by atoms with Gasteiger partial charge in [-0.25, -0.2) is 4.68 Å². The summed E-state index contributed by atoms with van der Waals surface area (Å²) in [5.41, 5.74) is 1.21. The first kappa shape index (κ1) is 19.7. The third kappa shape index (κ3) is 5.44. The van der Waals surface area contributed by atoms with E-state index in [1.54, 1.807) is 11.9 Å². The number of carbonyl (C=O) groups excluding carboxylic acids is 1. The van der Waals surface area contributed by atoms with Gasteiger partial charge in [-0.2, -0.15) is 5.10 Å². The van der Waals surface area contributed by atoms with Crippen LogP contribution in [0.25, 0.3) is 0 Å². The number of amides is 1. The highest BCUT2D eigenvalue weighted by Gasteiger charge is 2.14. The number of carbonyl (C=O) groups is 1. The predicted octanol–water partition coefficient (Wildman–Crippen LogP) is 2.89. The summed E-state index contributed by atoms with van der Waals surface area (Å²) >= 11 is 0. The van der Waals surface area contributed by atoms with Crippen LogP contribution in [-0.2, 0) is 6.54 Å². The van der Waals surface area contributed by atoms with E-state index in [-0.39, 0.29) is 11.5 Å². The molecule has 0 N–H and O–H groups in total. The largest absolute Gasteiger partial charge is 0.493 e. The van der Waals surface area contributed by atoms with Crippen LogP contribution >= 0.6 is 0 Å². The molecule has 0 aliphatic rings. The number of unbranched alkanes of at least 4 members (excludes halogenated alkanes) is 1. The molecule has 1 amide bonds. The lowest BCUT2D eigenvalue weighted by molar-refractivity contribution is 0.0779. The third-order valence-corrected chi connectivity index (χ3v) is 4.14. The Hall–Kier alpha value is -2.63. The van der Waals surface area contributed by atoms with E-state index >= 15 is 0 Å². The van der Waals surface area contributed by atoms with Gasteiger partial charge in [0.05, 0.1) is 6.61 Å². The van der Waals surface area contributed by atoms with Crippen molar-refractivity contribution >= 4 is 5.91 Å². The quantitative estimate of drug-likeness (QED) is 0.647.